The molecule has 0 aliphatic carbocycles. The zero-order valence-corrected chi connectivity index (χ0v) is 27.3. The minimum atomic E-state index is -3.46. The Bertz CT molecular complexity index is 1970. The molecule has 0 bridgehead atoms. The van der Waals surface area contributed by atoms with Crippen molar-refractivity contribution in [1.29, 1.82) is 0 Å². The minimum absolute atomic E-state index is 0.0137. The molecule has 0 amide bonds. The van der Waals surface area contributed by atoms with Crippen molar-refractivity contribution < 1.29 is 36.3 Å². The second kappa shape index (κ2) is 13.5. The Hall–Kier alpha value is -4.31. The predicted molar refractivity (Wildman–Crippen MR) is 177 cm³/mol. The number of halogens is 3. The molecule has 2 N–H and O–H groups in total. The number of hydrogen-bond acceptors (Lipinski definition) is 8. The first-order chi connectivity index (χ1) is 23.5. The fraction of sp³-hybridized carbons (Fsp3) is 0.382. The van der Waals surface area contributed by atoms with E-state index in [4.69, 9.17) is 5.11 Å². The summed E-state index contributed by atoms with van der Waals surface area (Å²) in [7, 11) is -3.46. The molecule has 3 aliphatic heterocycles. The smallest absolute Gasteiger partial charge is 0.317 e. The quantitative estimate of drug-likeness (QED) is 0.150. The number of benzene rings is 2. The lowest BCUT2D eigenvalue weighted by molar-refractivity contribution is -0.140. The molecule has 2 aromatic carbocycles. The molecule has 5 heterocycles. The van der Waals surface area contributed by atoms with Gasteiger partial charge in [0.15, 0.2) is 5.82 Å². The van der Waals surface area contributed by atoms with Crippen LogP contribution in [0.15, 0.2) is 54.9 Å². The number of aromatic amines is 1. The number of aliphatic carboxylic acids is 1. The van der Waals surface area contributed by atoms with Crippen molar-refractivity contribution in [1.82, 2.24) is 24.8 Å². The number of rotatable bonds is 12. The van der Waals surface area contributed by atoms with Crippen molar-refractivity contribution in [3.05, 3.63) is 83.2 Å². The van der Waals surface area contributed by atoms with Gasteiger partial charge in [0.25, 0.3) is 0 Å². The summed E-state index contributed by atoms with van der Waals surface area (Å²) in [6.45, 7) is 4.45. The van der Waals surface area contributed by atoms with Crippen LogP contribution in [0.25, 0.3) is 22.2 Å². The average molecular weight is 697 g/mol. The van der Waals surface area contributed by atoms with Crippen molar-refractivity contribution >= 4 is 39.4 Å². The van der Waals surface area contributed by atoms with Crippen molar-refractivity contribution in [2.45, 2.75) is 24.9 Å². The number of carboxylic acid groups (broad SMARTS) is 1. The Labute approximate surface area is 282 Å². The lowest BCUT2D eigenvalue weighted by Gasteiger charge is -2.43. The van der Waals surface area contributed by atoms with Crippen LogP contribution in [-0.4, -0.2) is 109 Å². The van der Waals surface area contributed by atoms with Crippen LogP contribution in [0, 0.1) is 17.6 Å². The SMILES string of the molecule is O=C(O)CN1CC(CCN2CC(c3ccc(-c4cnc5[nH]cc(C(=O)c6c(F)ccc(N(N7CC[C@@H](F)C7)[SH](=O)=O)c6F)c5c4)cc3)C2)C1. The second-order valence-corrected chi connectivity index (χ2v) is 13.9. The highest BCUT2D eigenvalue weighted by molar-refractivity contribution is 7.73. The molecule has 4 aromatic rings. The van der Waals surface area contributed by atoms with Gasteiger partial charge in [-0.25, -0.2) is 31.6 Å². The number of fused-ring (bicyclic) bond motifs is 1. The number of alkyl halides is 1. The molecule has 1 atom stereocenters. The number of carbonyl (C=O) groups is 2. The number of pyridine rings is 1. The average Bonchev–Trinajstić information content (AvgIpc) is 3.65. The van der Waals surface area contributed by atoms with Crippen LogP contribution in [-0.2, 0) is 15.7 Å². The van der Waals surface area contributed by atoms with E-state index < -0.39 is 51.7 Å². The van der Waals surface area contributed by atoms with Crippen molar-refractivity contribution in [2.75, 3.05) is 56.8 Å². The number of H-pyrrole nitrogens is 1. The number of hydrogen-bond donors (Lipinski definition) is 3. The number of carbonyl (C=O) groups excluding carboxylic acids is 1. The number of carboxylic acids is 1. The van der Waals surface area contributed by atoms with E-state index in [0.717, 1.165) is 61.8 Å². The third kappa shape index (κ3) is 6.67. The second-order valence-electron chi connectivity index (χ2n) is 13.1. The topological polar surface area (TPSA) is 130 Å². The summed E-state index contributed by atoms with van der Waals surface area (Å²) >= 11 is 0. The molecule has 15 heteroatoms. The molecular weight excluding hydrogens is 661 g/mol. The first kappa shape index (κ1) is 33.2. The highest BCUT2D eigenvalue weighted by Crippen LogP contribution is 2.34. The molecule has 0 spiro atoms. The Kier molecular flexibility index (Phi) is 9.17. The Morgan fingerprint density at radius 1 is 1.00 bits per heavy atom. The number of aromatic nitrogens is 2. The minimum Gasteiger partial charge on any atom is -0.480 e. The summed E-state index contributed by atoms with van der Waals surface area (Å²) < 4.78 is 69.6. The van der Waals surface area contributed by atoms with Gasteiger partial charge in [-0.3, -0.25) is 14.5 Å². The van der Waals surface area contributed by atoms with Gasteiger partial charge in [0.2, 0.25) is 16.7 Å². The number of thiol groups is 1. The van der Waals surface area contributed by atoms with Crippen LogP contribution in [0.1, 0.15) is 40.2 Å². The van der Waals surface area contributed by atoms with Crippen LogP contribution in [0.5, 0.6) is 0 Å². The highest BCUT2D eigenvalue weighted by Gasteiger charge is 2.34. The summed E-state index contributed by atoms with van der Waals surface area (Å²) in [4.78, 5) is 36.1. The standard InChI is InChI=1S/C34H35F3N6O5S/c35-25-8-10-42(18-25)43(49(47)48)29-6-5-28(36)31(32(29)37)33(46)27-13-39-34-26(27)11-23(12-38-34)21-1-3-22(4-2-21)24-16-40(17-24)9-7-20-14-41(15-20)19-30(44)45/h1-6,11-13,20,24-25,49H,7-10,14-19H2,(H,38,39)(H,44,45)/t25-/m1/s1. The van der Waals surface area contributed by atoms with Crippen LogP contribution >= 0.6 is 0 Å². The number of anilines is 1. The van der Waals surface area contributed by atoms with Gasteiger partial charge in [-0.15, -0.1) is 0 Å². The molecule has 7 rings (SSSR count). The third-order valence-corrected chi connectivity index (χ3v) is 10.5. The van der Waals surface area contributed by atoms with Crippen LogP contribution < -0.4 is 4.41 Å². The zero-order valence-electron chi connectivity index (χ0n) is 26.4. The molecule has 2 aromatic heterocycles. The van der Waals surface area contributed by atoms with Gasteiger partial charge in [0.1, 0.15) is 23.3 Å². The summed E-state index contributed by atoms with van der Waals surface area (Å²) in [5, 5.41) is 10.4. The van der Waals surface area contributed by atoms with E-state index in [1.807, 2.05) is 17.0 Å². The molecule has 11 nitrogen and oxygen atoms in total. The lowest BCUT2D eigenvalue weighted by Crippen LogP contribution is -2.51. The maximum absolute atomic E-state index is 15.9. The lowest BCUT2D eigenvalue weighted by atomic mass is 9.89. The third-order valence-electron chi connectivity index (χ3n) is 9.74. The van der Waals surface area contributed by atoms with Gasteiger partial charge in [-0.2, -0.15) is 4.41 Å². The molecular formula is C34H35F3N6O5S. The molecule has 3 fully saturated rings. The van der Waals surface area contributed by atoms with Gasteiger partial charge in [0, 0.05) is 67.5 Å². The van der Waals surface area contributed by atoms with E-state index in [-0.39, 0.29) is 31.6 Å². The van der Waals surface area contributed by atoms with Crippen molar-refractivity contribution in [2.24, 2.45) is 5.92 Å². The highest BCUT2D eigenvalue weighted by atomic mass is 32.2. The summed E-state index contributed by atoms with van der Waals surface area (Å²) in [6, 6.07) is 11.5. The number of nitrogens with zero attached hydrogens (tertiary/aromatic N) is 5. The molecule has 3 saturated heterocycles. The van der Waals surface area contributed by atoms with Gasteiger partial charge >= 0.3 is 5.97 Å². The summed E-state index contributed by atoms with van der Waals surface area (Å²) in [5.41, 5.74) is 1.56. The predicted octanol–water partition coefficient (Wildman–Crippen LogP) is 3.84. The van der Waals surface area contributed by atoms with Crippen molar-refractivity contribution in [3.63, 3.8) is 0 Å². The molecule has 3 aliphatic rings. The first-order valence-corrected chi connectivity index (χ1v) is 17.3. The van der Waals surface area contributed by atoms with Gasteiger partial charge in [-0.05, 0) is 54.6 Å². The molecule has 49 heavy (non-hydrogen) atoms. The number of likely N-dealkylation sites (tertiary alicyclic amines) is 2. The van der Waals surface area contributed by atoms with Gasteiger partial charge < -0.3 is 15.0 Å². The number of ketones is 1. The van der Waals surface area contributed by atoms with Gasteiger partial charge in [-0.1, -0.05) is 24.3 Å². The normalized spacial score (nSPS) is 19.4. The fourth-order valence-electron chi connectivity index (χ4n) is 7.06. The summed E-state index contributed by atoms with van der Waals surface area (Å²) in [5.74, 6) is -3.34. The van der Waals surface area contributed by atoms with E-state index in [9.17, 15) is 22.4 Å². The maximum atomic E-state index is 15.9. The molecule has 0 unspecified atom stereocenters. The van der Waals surface area contributed by atoms with E-state index in [2.05, 4.69) is 27.0 Å². The van der Waals surface area contributed by atoms with Crippen LogP contribution in [0.2, 0.25) is 0 Å². The summed E-state index contributed by atoms with van der Waals surface area (Å²) in [6.07, 6.45) is 2.77. The maximum Gasteiger partial charge on any atom is 0.317 e. The molecule has 0 radical (unpaired) electrons. The molecule has 258 valence electrons. The van der Waals surface area contributed by atoms with E-state index in [1.54, 1.807) is 12.3 Å². The number of hydrazine groups is 1. The largest absolute Gasteiger partial charge is 0.480 e. The molecule has 0 saturated carbocycles. The van der Waals surface area contributed by atoms with Crippen LogP contribution in [0.4, 0.5) is 18.9 Å². The Balaban J connectivity index is 1.04. The van der Waals surface area contributed by atoms with E-state index >= 15 is 8.78 Å². The van der Waals surface area contributed by atoms with Crippen molar-refractivity contribution in [3.8, 4) is 11.1 Å². The van der Waals surface area contributed by atoms with Crippen LogP contribution in [0.3, 0.4) is 0 Å². The zero-order chi connectivity index (χ0) is 34.4. The number of nitrogens with one attached hydrogen (secondary N) is 1. The van der Waals surface area contributed by atoms with E-state index in [1.165, 1.54) is 11.8 Å². The first-order valence-electron chi connectivity index (χ1n) is 16.2. The van der Waals surface area contributed by atoms with E-state index in [0.29, 0.717) is 32.8 Å². The fourth-order valence-corrected chi connectivity index (χ4v) is 7.76. The monoisotopic (exact) mass is 696 g/mol. The van der Waals surface area contributed by atoms with Gasteiger partial charge in [0.05, 0.1) is 18.7 Å². The Morgan fingerprint density at radius 3 is 2.43 bits per heavy atom. The Morgan fingerprint density at radius 2 is 1.76 bits per heavy atom.